The summed E-state index contributed by atoms with van der Waals surface area (Å²) in [4.78, 5) is 0. The lowest BCUT2D eigenvalue weighted by molar-refractivity contribution is 0.282. The van der Waals surface area contributed by atoms with Gasteiger partial charge in [0.15, 0.2) is 0 Å². The summed E-state index contributed by atoms with van der Waals surface area (Å²) in [5.41, 5.74) is 7.73. The SMILES string of the molecule is N[C@@H](c1ccccc1)[C@H](F)Cc1ccccc1. The standard InChI is InChI=1S/C15H16FN/c16-14(11-12-7-3-1-4-8-12)15(17)13-9-5-2-6-10-13/h1-10,14-15H,11,17H2/t14-,15+/m1/s1. The number of hydrogen-bond acceptors (Lipinski definition) is 1. The molecule has 0 amide bonds. The van der Waals surface area contributed by atoms with Crippen molar-refractivity contribution < 1.29 is 4.39 Å². The fraction of sp³-hybridized carbons (Fsp3) is 0.200. The van der Waals surface area contributed by atoms with Gasteiger partial charge in [-0.2, -0.15) is 0 Å². The van der Waals surface area contributed by atoms with Crippen LogP contribution < -0.4 is 5.73 Å². The van der Waals surface area contributed by atoms with Crippen LogP contribution >= 0.6 is 0 Å². The summed E-state index contributed by atoms with van der Waals surface area (Å²) < 4.78 is 14.0. The van der Waals surface area contributed by atoms with Crippen LogP contribution in [0, 0.1) is 0 Å². The molecule has 17 heavy (non-hydrogen) atoms. The maximum Gasteiger partial charge on any atom is 0.123 e. The van der Waals surface area contributed by atoms with E-state index in [1.165, 1.54) is 0 Å². The van der Waals surface area contributed by atoms with E-state index in [4.69, 9.17) is 5.73 Å². The normalized spacial score (nSPS) is 14.2. The lowest BCUT2D eigenvalue weighted by Gasteiger charge is -2.17. The maximum atomic E-state index is 14.0. The number of alkyl halides is 1. The predicted octanol–water partition coefficient (Wildman–Crippen LogP) is 3.27. The van der Waals surface area contributed by atoms with Gasteiger partial charge in [0.25, 0.3) is 0 Å². The van der Waals surface area contributed by atoms with Gasteiger partial charge in [0.05, 0.1) is 6.04 Å². The van der Waals surface area contributed by atoms with E-state index in [9.17, 15) is 4.39 Å². The number of rotatable bonds is 4. The molecule has 2 N–H and O–H groups in total. The fourth-order valence-corrected chi connectivity index (χ4v) is 1.85. The van der Waals surface area contributed by atoms with Gasteiger partial charge in [0.2, 0.25) is 0 Å². The highest BCUT2D eigenvalue weighted by Gasteiger charge is 2.18. The van der Waals surface area contributed by atoms with Gasteiger partial charge in [-0.1, -0.05) is 60.7 Å². The van der Waals surface area contributed by atoms with Crippen LogP contribution in [0.25, 0.3) is 0 Å². The zero-order chi connectivity index (χ0) is 12.1. The van der Waals surface area contributed by atoms with Crippen LogP contribution in [0.15, 0.2) is 60.7 Å². The summed E-state index contributed by atoms with van der Waals surface area (Å²) in [6, 6.07) is 18.4. The van der Waals surface area contributed by atoms with Crippen LogP contribution in [0.3, 0.4) is 0 Å². The highest BCUT2D eigenvalue weighted by atomic mass is 19.1. The number of benzene rings is 2. The van der Waals surface area contributed by atoms with Crippen LogP contribution in [0.2, 0.25) is 0 Å². The summed E-state index contributed by atoms with van der Waals surface area (Å²) in [7, 11) is 0. The van der Waals surface area contributed by atoms with Gasteiger partial charge < -0.3 is 5.73 Å². The quantitative estimate of drug-likeness (QED) is 0.855. The van der Waals surface area contributed by atoms with Crippen molar-refractivity contribution in [1.29, 1.82) is 0 Å². The van der Waals surface area contributed by atoms with Crippen LogP contribution in [0.5, 0.6) is 0 Å². The Balaban J connectivity index is 2.03. The molecule has 0 aliphatic carbocycles. The van der Waals surface area contributed by atoms with Crippen LogP contribution in [0.4, 0.5) is 4.39 Å². The molecule has 0 spiro atoms. The molecule has 2 atom stereocenters. The monoisotopic (exact) mass is 229 g/mol. The second-order valence-electron chi connectivity index (χ2n) is 4.14. The summed E-state index contributed by atoms with van der Waals surface area (Å²) in [5.74, 6) is 0. The van der Waals surface area contributed by atoms with E-state index in [0.717, 1.165) is 11.1 Å². The Morgan fingerprint density at radius 1 is 0.882 bits per heavy atom. The van der Waals surface area contributed by atoms with Crippen molar-refractivity contribution in [3.63, 3.8) is 0 Å². The molecule has 0 aromatic heterocycles. The zero-order valence-corrected chi connectivity index (χ0v) is 9.59. The molecular formula is C15H16FN. The number of hydrogen-bond donors (Lipinski definition) is 1. The third-order valence-corrected chi connectivity index (χ3v) is 2.85. The van der Waals surface area contributed by atoms with Crippen LogP contribution in [-0.4, -0.2) is 6.17 Å². The first-order valence-corrected chi connectivity index (χ1v) is 5.76. The summed E-state index contributed by atoms with van der Waals surface area (Å²) in [6.45, 7) is 0. The molecule has 1 nitrogen and oxygen atoms in total. The van der Waals surface area contributed by atoms with E-state index in [2.05, 4.69) is 0 Å². The van der Waals surface area contributed by atoms with Gasteiger partial charge >= 0.3 is 0 Å². The van der Waals surface area contributed by atoms with Crippen molar-refractivity contribution in [2.24, 2.45) is 5.73 Å². The van der Waals surface area contributed by atoms with Crippen LogP contribution in [0.1, 0.15) is 17.2 Å². The largest absolute Gasteiger partial charge is 0.322 e. The minimum Gasteiger partial charge on any atom is -0.322 e. The number of nitrogens with two attached hydrogens (primary N) is 1. The molecule has 0 radical (unpaired) electrons. The van der Waals surface area contributed by atoms with Crippen molar-refractivity contribution >= 4 is 0 Å². The van der Waals surface area contributed by atoms with E-state index < -0.39 is 12.2 Å². The van der Waals surface area contributed by atoms with Crippen molar-refractivity contribution in [2.75, 3.05) is 0 Å². The lowest BCUT2D eigenvalue weighted by Crippen LogP contribution is -2.24. The van der Waals surface area contributed by atoms with E-state index >= 15 is 0 Å². The molecule has 2 heteroatoms. The van der Waals surface area contributed by atoms with E-state index in [1.807, 2.05) is 60.7 Å². The first kappa shape index (κ1) is 11.8. The van der Waals surface area contributed by atoms with Crippen molar-refractivity contribution in [2.45, 2.75) is 18.6 Å². The summed E-state index contributed by atoms with van der Waals surface area (Å²) >= 11 is 0. The second kappa shape index (κ2) is 5.60. The molecular weight excluding hydrogens is 213 g/mol. The molecule has 2 rings (SSSR count). The van der Waals surface area contributed by atoms with Gasteiger partial charge in [-0.25, -0.2) is 4.39 Å². The van der Waals surface area contributed by atoms with E-state index in [1.54, 1.807) is 0 Å². The molecule has 0 fully saturated rings. The Kier molecular flexibility index (Phi) is 3.89. The summed E-state index contributed by atoms with van der Waals surface area (Å²) in [6.07, 6.45) is -0.698. The van der Waals surface area contributed by atoms with Crippen molar-refractivity contribution in [3.8, 4) is 0 Å². The fourth-order valence-electron chi connectivity index (χ4n) is 1.85. The minimum absolute atomic E-state index is 0.358. The molecule has 0 heterocycles. The third kappa shape index (κ3) is 3.14. The highest BCUT2D eigenvalue weighted by molar-refractivity contribution is 5.22. The third-order valence-electron chi connectivity index (χ3n) is 2.85. The molecule has 0 aliphatic heterocycles. The topological polar surface area (TPSA) is 26.0 Å². The Morgan fingerprint density at radius 3 is 2.00 bits per heavy atom. The summed E-state index contributed by atoms with van der Waals surface area (Å²) in [5, 5.41) is 0. The van der Waals surface area contributed by atoms with Gasteiger partial charge in [0.1, 0.15) is 6.17 Å². The Morgan fingerprint density at radius 2 is 1.41 bits per heavy atom. The second-order valence-corrected chi connectivity index (χ2v) is 4.14. The van der Waals surface area contributed by atoms with Gasteiger partial charge in [-0.15, -0.1) is 0 Å². The van der Waals surface area contributed by atoms with Gasteiger partial charge in [-0.05, 0) is 11.1 Å². The molecule has 0 saturated carbocycles. The molecule has 88 valence electrons. The molecule has 2 aromatic carbocycles. The smallest absolute Gasteiger partial charge is 0.123 e. The zero-order valence-electron chi connectivity index (χ0n) is 9.59. The molecule has 0 saturated heterocycles. The van der Waals surface area contributed by atoms with Crippen molar-refractivity contribution in [1.82, 2.24) is 0 Å². The number of halogens is 1. The molecule has 2 aromatic rings. The average Bonchev–Trinajstić information content (AvgIpc) is 2.40. The molecule has 0 unspecified atom stereocenters. The highest BCUT2D eigenvalue weighted by Crippen LogP contribution is 2.19. The van der Waals surface area contributed by atoms with E-state index in [0.29, 0.717) is 6.42 Å². The first-order chi connectivity index (χ1) is 8.27. The predicted molar refractivity (Wildman–Crippen MR) is 68.4 cm³/mol. The van der Waals surface area contributed by atoms with Crippen molar-refractivity contribution in [3.05, 3.63) is 71.8 Å². The Labute approximate surface area is 101 Å². The van der Waals surface area contributed by atoms with Crippen LogP contribution in [-0.2, 0) is 6.42 Å². The van der Waals surface area contributed by atoms with Gasteiger partial charge in [0, 0.05) is 6.42 Å². The Hall–Kier alpha value is -1.67. The molecule has 0 aliphatic rings. The Bertz CT molecular complexity index is 441. The lowest BCUT2D eigenvalue weighted by atomic mass is 9.98. The van der Waals surface area contributed by atoms with Gasteiger partial charge in [-0.3, -0.25) is 0 Å². The minimum atomic E-state index is -1.06. The molecule has 0 bridgehead atoms. The average molecular weight is 229 g/mol. The van der Waals surface area contributed by atoms with E-state index in [-0.39, 0.29) is 0 Å². The first-order valence-electron chi connectivity index (χ1n) is 5.76. The maximum absolute atomic E-state index is 14.0.